The third-order valence-corrected chi connectivity index (χ3v) is 4.92. The highest BCUT2D eigenvalue weighted by Crippen LogP contribution is 2.40. The molecular formula is C10H16BrNSi. The van der Waals surface area contributed by atoms with Crippen molar-refractivity contribution in [1.82, 2.24) is 4.98 Å². The fraction of sp³-hybridized carbons (Fsp3) is 0.600. The van der Waals surface area contributed by atoms with Crippen molar-refractivity contribution < 1.29 is 0 Å². The molecule has 1 N–H and O–H groups in total. The highest BCUT2D eigenvalue weighted by atomic mass is 79.9. The minimum atomic E-state index is -1.17. The molecule has 0 aliphatic heterocycles. The third kappa shape index (κ3) is 1.91. The summed E-state index contributed by atoms with van der Waals surface area (Å²) in [6, 6.07) is 2.28. The molecule has 0 spiro atoms. The quantitative estimate of drug-likeness (QED) is 0.784. The topological polar surface area (TPSA) is 15.8 Å². The minimum Gasteiger partial charge on any atom is -0.357 e. The SMILES string of the molecule is C[Si](C)(C)c1[nH]c(Br)cc1C1CC1. The molecule has 1 aliphatic carbocycles. The molecule has 1 aromatic heterocycles. The first-order chi connectivity index (χ1) is 5.98. The molecule has 0 unspecified atom stereocenters. The summed E-state index contributed by atoms with van der Waals surface area (Å²) < 4.78 is 1.16. The Hall–Kier alpha value is -0.0231. The first-order valence-corrected chi connectivity index (χ1v) is 9.16. The van der Waals surface area contributed by atoms with Crippen LogP contribution in [0.25, 0.3) is 0 Å². The predicted octanol–water partition coefficient (Wildman–Crippen LogP) is 3.20. The standard InChI is InChI=1S/C10H16BrNSi/c1-13(2,3)10-8(7-4-5-7)6-9(11)12-10/h6-7,12H,4-5H2,1-3H3. The van der Waals surface area contributed by atoms with Gasteiger partial charge in [-0.2, -0.15) is 0 Å². The molecule has 0 aromatic carbocycles. The summed E-state index contributed by atoms with van der Waals surface area (Å²) in [4.78, 5) is 3.48. The summed E-state index contributed by atoms with van der Waals surface area (Å²) in [6.45, 7) is 7.20. The van der Waals surface area contributed by atoms with Crippen LogP contribution in [0.15, 0.2) is 10.7 Å². The maximum absolute atomic E-state index is 3.54. The highest BCUT2D eigenvalue weighted by Gasteiger charge is 2.32. The monoisotopic (exact) mass is 257 g/mol. The number of rotatable bonds is 2. The Morgan fingerprint density at radius 3 is 2.46 bits per heavy atom. The molecule has 1 heterocycles. The van der Waals surface area contributed by atoms with Gasteiger partial charge in [-0.25, -0.2) is 0 Å². The van der Waals surface area contributed by atoms with Crippen LogP contribution in [0.3, 0.4) is 0 Å². The summed E-state index contributed by atoms with van der Waals surface area (Å²) in [5, 5.41) is 1.54. The predicted molar refractivity (Wildman–Crippen MR) is 63.4 cm³/mol. The molecular weight excluding hydrogens is 242 g/mol. The average molecular weight is 258 g/mol. The highest BCUT2D eigenvalue weighted by molar-refractivity contribution is 9.10. The first-order valence-electron chi connectivity index (χ1n) is 4.87. The molecule has 0 atom stereocenters. The molecule has 0 radical (unpaired) electrons. The zero-order chi connectivity index (χ0) is 9.64. The van der Waals surface area contributed by atoms with E-state index in [-0.39, 0.29) is 0 Å². The molecule has 0 saturated heterocycles. The Balaban J connectivity index is 2.42. The second kappa shape index (κ2) is 2.99. The van der Waals surface area contributed by atoms with Crippen molar-refractivity contribution >= 4 is 29.3 Å². The van der Waals surface area contributed by atoms with Gasteiger partial charge in [0.15, 0.2) is 0 Å². The number of aromatic amines is 1. The maximum Gasteiger partial charge on any atom is 0.0985 e. The summed E-state index contributed by atoms with van der Waals surface area (Å²) in [7, 11) is -1.17. The lowest BCUT2D eigenvalue weighted by atomic mass is 10.2. The van der Waals surface area contributed by atoms with Gasteiger partial charge < -0.3 is 4.98 Å². The van der Waals surface area contributed by atoms with E-state index in [0.717, 1.165) is 10.5 Å². The Kier molecular flexibility index (Phi) is 2.19. The number of hydrogen-bond acceptors (Lipinski definition) is 0. The second-order valence-electron chi connectivity index (χ2n) is 4.97. The summed E-state index contributed by atoms with van der Waals surface area (Å²) in [5.74, 6) is 0.865. The van der Waals surface area contributed by atoms with Crippen molar-refractivity contribution in [1.29, 1.82) is 0 Å². The number of nitrogens with one attached hydrogen (secondary N) is 1. The Bertz CT molecular complexity index is 320. The smallest absolute Gasteiger partial charge is 0.0985 e. The van der Waals surface area contributed by atoms with E-state index in [9.17, 15) is 0 Å². The van der Waals surface area contributed by atoms with E-state index in [0.29, 0.717) is 0 Å². The number of aromatic nitrogens is 1. The third-order valence-electron chi connectivity index (χ3n) is 2.58. The molecule has 0 amide bonds. The zero-order valence-corrected chi connectivity index (χ0v) is 11.0. The van der Waals surface area contributed by atoms with E-state index in [1.165, 1.54) is 12.8 Å². The molecule has 1 aliphatic rings. The van der Waals surface area contributed by atoms with Gasteiger partial charge in [0.25, 0.3) is 0 Å². The van der Waals surface area contributed by atoms with Gasteiger partial charge in [-0.15, -0.1) is 0 Å². The lowest BCUT2D eigenvalue weighted by Gasteiger charge is -2.16. The van der Waals surface area contributed by atoms with Gasteiger partial charge in [-0.3, -0.25) is 0 Å². The van der Waals surface area contributed by atoms with Crippen LogP contribution in [-0.2, 0) is 0 Å². The summed E-state index contributed by atoms with van der Waals surface area (Å²) >= 11 is 3.54. The first kappa shape index (κ1) is 9.53. The van der Waals surface area contributed by atoms with Crippen molar-refractivity contribution in [2.75, 3.05) is 0 Å². The number of halogens is 1. The number of hydrogen-bond donors (Lipinski definition) is 1. The molecule has 1 saturated carbocycles. The van der Waals surface area contributed by atoms with Gasteiger partial charge in [0.1, 0.15) is 0 Å². The van der Waals surface area contributed by atoms with Gasteiger partial charge in [0.2, 0.25) is 0 Å². The molecule has 13 heavy (non-hydrogen) atoms. The van der Waals surface area contributed by atoms with E-state index in [1.807, 2.05) is 0 Å². The van der Waals surface area contributed by atoms with E-state index in [4.69, 9.17) is 0 Å². The molecule has 2 rings (SSSR count). The fourth-order valence-electron chi connectivity index (χ4n) is 1.77. The second-order valence-corrected chi connectivity index (χ2v) is 10.8. The van der Waals surface area contributed by atoms with Gasteiger partial charge in [-0.1, -0.05) is 19.6 Å². The lowest BCUT2D eigenvalue weighted by Crippen LogP contribution is -2.40. The van der Waals surface area contributed by atoms with Gasteiger partial charge in [-0.05, 0) is 46.3 Å². The molecule has 1 fully saturated rings. The Morgan fingerprint density at radius 2 is 2.00 bits per heavy atom. The van der Waals surface area contributed by atoms with Crippen molar-refractivity contribution in [3.63, 3.8) is 0 Å². The van der Waals surface area contributed by atoms with Crippen molar-refractivity contribution in [2.24, 2.45) is 0 Å². The van der Waals surface area contributed by atoms with Crippen LogP contribution in [0.2, 0.25) is 19.6 Å². The van der Waals surface area contributed by atoms with Gasteiger partial charge >= 0.3 is 0 Å². The largest absolute Gasteiger partial charge is 0.357 e. The Morgan fingerprint density at radius 1 is 1.38 bits per heavy atom. The zero-order valence-electron chi connectivity index (χ0n) is 8.45. The molecule has 72 valence electrons. The van der Waals surface area contributed by atoms with E-state index >= 15 is 0 Å². The van der Waals surface area contributed by atoms with Crippen LogP contribution in [0.4, 0.5) is 0 Å². The van der Waals surface area contributed by atoms with E-state index in [2.05, 4.69) is 46.6 Å². The van der Waals surface area contributed by atoms with Crippen molar-refractivity contribution in [3.8, 4) is 0 Å². The van der Waals surface area contributed by atoms with Crippen LogP contribution < -0.4 is 5.32 Å². The van der Waals surface area contributed by atoms with Crippen molar-refractivity contribution in [2.45, 2.75) is 38.4 Å². The van der Waals surface area contributed by atoms with Gasteiger partial charge in [0, 0.05) is 5.32 Å². The fourth-order valence-corrected chi connectivity index (χ4v) is 4.05. The van der Waals surface area contributed by atoms with Gasteiger partial charge in [0.05, 0.1) is 12.7 Å². The normalized spacial score (nSPS) is 17.8. The minimum absolute atomic E-state index is 0.865. The van der Waals surface area contributed by atoms with Crippen LogP contribution >= 0.6 is 15.9 Å². The lowest BCUT2D eigenvalue weighted by molar-refractivity contribution is 1.15. The van der Waals surface area contributed by atoms with E-state index in [1.54, 1.807) is 10.9 Å². The van der Waals surface area contributed by atoms with Crippen LogP contribution in [-0.4, -0.2) is 13.1 Å². The molecule has 1 nitrogen and oxygen atoms in total. The average Bonchev–Trinajstić information content (AvgIpc) is 2.73. The van der Waals surface area contributed by atoms with E-state index < -0.39 is 8.07 Å². The summed E-state index contributed by atoms with van der Waals surface area (Å²) in [6.07, 6.45) is 2.78. The molecule has 0 bridgehead atoms. The molecule has 1 aromatic rings. The van der Waals surface area contributed by atoms with Crippen LogP contribution in [0.5, 0.6) is 0 Å². The molecule has 3 heteroatoms. The maximum atomic E-state index is 3.54. The van der Waals surface area contributed by atoms with Crippen LogP contribution in [0, 0.1) is 0 Å². The van der Waals surface area contributed by atoms with Crippen molar-refractivity contribution in [3.05, 3.63) is 16.2 Å². The summed E-state index contributed by atoms with van der Waals surface area (Å²) in [5.41, 5.74) is 1.59. The van der Waals surface area contributed by atoms with Crippen LogP contribution in [0.1, 0.15) is 24.3 Å². The number of H-pyrrole nitrogens is 1. The Labute approximate surface area is 89.1 Å².